The van der Waals surface area contributed by atoms with Crippen molar-refractivity contribution in [2.24, 2.45) is 11.7 Å². The average Bonchev–Trinajstić information content (AvgIpc) is 2.66. The third-order valence-electron chi connectivity index (χ3n) is 5.16. The van der Waals surface area contributed by atoms with Crippen LogP contribution in [0.1, 0.15) is 52.4 Å². The van der Waals surface area contributed by atoms with E-state index in [4.69, 9.17) is 19.9 Å². The zero-order valence-electron chi connectivity index (χ0n) is 17.1. The van der Waals surface area contributed by atoms with E-state index in [2.05, 4.69) is 5.32 Å². The summed E-state index contributed by atoms with van der Waals surface area (Å²) >= 11 is 0. The lowest BCUT2D eigenvalue weighted by molar-refractivity contribution is -0.0704. The maximum absolute atomic E-state index is 10.8. The standard InChI is InChI=1S/C21H36N2O4/c1-14(2)27-20(19(22)10-15-8-6-5-7-9-15)21(24)23-16-11-17(25-3)13-18(12-16)26-4/h11-15,19-21,23-24H,5-10,22H2,1-4H3. The topological polar surface area (TPSA) is 86.0 Å². The summed E-state index contributed by atoms with van der Waals surface area (Å²) in [4.78, 5) is 0. The average molecular weight is 381 g/mol. The van der Waals surface area contributed by atoms with Gasteiger partial charge in [0.15, 0.2) is 6.23 Å². The number of nitrogens with two attached hydrogens (primary N) is 1. The normalized spacial score (nSPS) is 18.8. The molecule has 0 aliphatic heterocycles. The van der Waals surface area contributed by atoms with Gasteiger partial charge in [0.2, 0.25) is 0 Å². The van der Waals surface area contributed by atoms with Crippen LogP contribution in [0.4, 0.5) is 5.69 Å². The van der Waals surface area contributed by atoms with E-state index < -0.39 is 12.3 Å². The Morgan fingerprint density at radius 1 is 1.07 bits per heavy atom. The minimum Gasteiger partial charge on any atom is -0.497 e. The SMILES string of the molecule is COc1cc(NC(O)C(OC(C)C)C(N)CC2CCCCC2)cc(OC)c1. The summed E-state index contributed by atoms with van der Waals surface area (Å²) in [5, 5.41) is 13.9. The number of rotatable bonds is 10. The van der Waals surface area contributed by atoms with Crippen molar-refractivity contribution in [2.45, 2.75) is 76.9 Å². The smallest absolute Gasteiger partial charge is 0.152 e. The maximum atomic E-state index is 10.8. The fraction of sp³-hybridized carbons (Fsp3) is 0.714. The van der Waals surface area contributed by atoms with Gasteiger partial charge in [0.25, 0.3) is 0 Å². The van der Waals surface area contributed by atoms with Crippen molar-refractivity contribution in [1.82, 2.24) is 0 Å². The van der Waals surface area contributed by atoms with Crippen LogP contribution in [-0.2, 0) is 4.74 Å². The Kier molecular flexibility index (Phi) is 8.67. The quantitative estimate of drug-likeness (QED) is 0.539. The van der Waals surface area contributed by atoms with E-state index in [1.807, 2.05) is 26.0 Å². The molecule has 0 aromatic heterocycles. The van der Waals surface area contributed by atoms with Crippen molar-refractivity contribution in [3.63, 3.8) is 0 Å². The summed E-state index contributed by atoms with van der Waals surface area (Å²) < 4.78 is 16.6. The van der Waals surface area contributed by atoms with E-state index in [0.717, 1.165) is 6.42 Å². The molecule has 3 unspecified atom stereocenters. The molecule has 0 amide bonds. The van der Waals surface area contributed by atoms with Crippen molar-refractivity contribution in [3.8, 4) is 11.5 Å². The first-order chi connectivity index (χ1) is 12.9. The molecule has 27 heavy (non-hydrogen) atoms. The Balaban J connectivity index is 2.07. The van der Waals surface area contributed by atoms with E-state index in [-0.39, 0.29) is 12.1 Å². The van der Waals surface area contributed by atoms with Gasteiger partial charge in [-0.2, -0.15) is 0 Å². The zero-order valence-corrected chi connectivity index (χ0v) is 17.1. The van der Waals surface area contributed by atoms with Gasteiger partial charge >= 0.3 is 0 Å². The van der Waals surface area contributed by atoms with Crippen molar-refractivity contribution in [3.05, 3.63) is 18.2 Å². The van der Waals surface area contributed by atoms with E-state index in [1.54, 1.807) is 20.3 Å². The number of methoxy groups -OCH3 is 2. The second-order valence-corrected chi connectivity index (χ2v) is 7.74. The van der Waals surface area contributed by atoms with Crippen molar-refractivity contribution in [2.75, 3.05) is 19.5 Å². The minimum atomic E-state index is -0.928. The summed E-state index contributed by atoms with van der Waals surface area (Å²) in [6, 6.07) is 5.18. The molecular formula is C21H36N2O4. The Labute approximate surface area is 163 Å². The number of benzene rings is 1. The first-order valence-electron chi connectivity index (χ1n) is 10.0. The van der Waals surface area contributed by atoms with Gasteiger partial charge in [0, 0.05) is 29.9 Å². The molecule has 6 nitrogen and oxygen atoms in total. The highest BCUT2D eigenvalue weighted by Crippen LogP contribution is 2.30. The third-order valence-corrected chi connectivity index (χ3v) is 5.16. The van der Waals surface area contributed by atoms with Gasteiger partial charge in [-0.25, -0.2) is 0 Å². The fourth-order valence-corrected chi connectivity index (χ4v) is 3.81. The maximum Gasteiger partial charge on any atom is 0.152 e. The number of hydrogen-bond acceptors (Lipinski definition) is 6. The lowest BCUT2D eigenvalue weighted by atomic mass is 9.83. The van der Waals surface area contributed by atoms with Crippen molar-refractivity contribution < 1.29 is 19.3 Å². The molecule has 0 bridgehead atoms. The molecule has 1 aromatic carbocycles. The summed E-state index contributed by atoms with van der Waals surface area (Å²) in [5.74, 6) is 1.92. The van der Waals surface area contributed by atoms with Gasteiger partial charge in [-0.15, -0.1) is 0 Å². The van der Waals surface area contributed by atoms with Crippen molar-refractivity contribution >= 4 is 5.69 Å². The molecule has 3 atom stereocenters. The van der Waals surface area contributed by atoms with Crippen LogP contribution in [0.3, 0.4) is 0 Å². The highest BCUT2D eigenvalue weighted by Gasteiger charge is 2.30. The van der Waals surface area contributed by atoms with Crippen LogP contribution >= 0.6 is 0 Å². The molecule has 1 aliphatic carbocycles. The number of aliphatic hydroxyl groups is 1. The summed E-state index contributed by atoms with van der Waals surface area (Å²) in [5.41, 5.74) is 7.18. The van der Waals surface area contributed by atoms with Crippen LogP contribution in [0.25, 0.3) is 0 Å². The van der Waals surface area contributed by atoms with Gasteiger partial charge in [-0.05, 0) is 26.2 Å². The lowest BCUT2D eigenvalue weighted by Gasteiger charge is -2.34. The molecule has 1 saturated carbocycles. The van der Waals surface area contributed by atoms with Crippen molar-refractivity contribution in [1.29, 1.82) is 0 Å². The van der Waals surface area contributed by atoms with Crippen LogP contribution < -0.4 is 20.5 Å². The van der Waals surface area contributed by atoms with Gasteiger partial charge in [-0.1, -0.05) is 32.1 Å². The zero-order chi connectivity index (χ0) is 19.8. The molecule has 0 heterocycles. The van der Waals surface area contributed by atoms with Gasteiger partial charge < -0.3 is 30.4 Å². The van der Waals surface area contributed by atoms with Crippen LogP contribution in [0.2, 0.25) is 0 Å². The summed E-state index contributed by atoms with van der Waals surface area (Å²) in [6.45, 7) is 3.92. The highest BCUT2D eigenvalue weighted by molar-refractivity contribution is 5.54. The number of hydrogen-bond donors (Lipinski definition) is 3. The highest BCUT2D eigenvalue weighted by atomic mass is 16.5. The predicted molar refractivity (Wildman–Crippen MR) is 108 cm³/mol. The van der Waals surface area contributed by atoms with Crippen LogP contribution in [0.15, 0.2) is 18.2 Å². The summed E-state index contributed by atoms with van der Waals surface area (Å²) in [6.07, 6.45) is 5.74. The van der Waals surface area contributed by atoms with E-state index in [9.17, 15) is 5.11 Å². The molecule has 1 aliphatic rings. The van der Waals surface area contributed by atoms with E-state index in [0.29, 0.717) is 23.1 Å². The first-order valence-corrected chi connectivity index (χ1v) is 10.0. The Morgan fingerprint density at radius 3 is 2.19 bits per heavy atom. The molecule has 6 heteroatoms. The van der Waals surface area contributed by atoms with Gasteiger partial charge in [0.1, 0.15) is 17.6 Å². The molecule has 0 radical (unpaired) electrons. The second-order valence-electron chi connectivity index (χ2n) is 7.74. The van der Waals surface area contributed by atoms with Gasteiger partial charge in [0.05, 0.1) is 20.3 Å². The number of ether oxygens (including phenoxy) is 3. The first kappa shape index (κ1) is 21.8. The second kappa shape index (κ2) is 10.7. The Morgan fingerprint density at radius 2 is 1.67 bits per heavy atom. The molecule has 4 N–H and O–H groups in total. The van der Waals surface area contributed by atoms with Crippen LogP contribution in [0.5, 0.6) is 11.5 Å². The predicted octanol–water partition coefficient (Wildman–Crippen LogP) is 3.53. The molecular weight excluding hydrogens is 344 g/mol. The minimum absolute atomic E-state index is 0.0244. The fourth-order valence-electron chi connectivity index (χ4n) is 3.81. The number of anilines is 1. The molecule has 1 aromatic rings. The number of nitrogens with one attached hydrogen (secondary N) is 1. The monoisotopic (exact) mass is 380 g/mol. The van der Waals surface area contributed by atoms with Gasteiger partial charge in [-0.3, -0.25) is 0 Å². The molecule has 2 rings (SSSR count). The molecule has 0 saturated heterocycles. The number of aliphatic hydroxyl groups excluding tert-OH is 1. The Hall–Kier alpha value is -1.50. The molecule has 154 valence electrons. The molecule has 1 fully saturated rings. The van der Waals surface area contributed by atoms with E-state index in [1.165, 1.54) is 32.1 Å². The van der Waals surface area contributed by atoms with E-state index >= 15 is 0 Å². The third kappa shape index (κ3) is 6.87. The molecule has 0 spiro atoms. The summed E-state index contributed by atoms with van der Waals surface area (Å²) in [7, 11) is 3.19. The lowest BCUT2D eigenvalue weighted by Crippen LogP contribution is -2.50. The largest absolute Gasteiger partial charge is 0.497 e. The van der Waals surface area contributed by atoms with Crippen LogP contribution in [0, 0.1) is 5.92 Å². The van der Waals surface area contributed by atoms with Crippen LogP contribution in [-0.4, -0.2) is 43.8 Å². The Bertz CT molecular complexity index is 539.